The molecule has 0 aliphatic rings. The Morgan fingerprint density at radius 3 is 2.33 bits per heavy atom. The van der Waals surface area contributed by atoms with E-state index in [0.29, 0.717) is 0 Å². The van der Waals surface area contributed by atoms with E-state index in [1.54, 1.807) is 0 Å². The van der Waals surface area contributed by atoms with Gasteiger partial charge in [-0.2, -0.15) is 0 Å². The Kier molecular flexibility index (Phi) is 2.77. The van der Waals surface area contributed by atoms with E-state index < -0.39 is 0 Å². The zero-order valence-electron chi connectivity index (χ0n) is 13.5. The molecule has 3 nitrogen and oxygen atoms in total. The minimum Gasteiger partial charge on any atom is -0.278 e. The molecule has 3 aromatic carbocycles. The summed E-state index contributed by atoms with van der Waals surface area (Å²) in [5.41, 5.74) is 7.05. The lowest BCUT2D eigenvalue weighted by atomic mass is 10.1. The SMILES string of the molecule is CCc1ccc2nc3n(-c4ccccc4)c4ccccc4n3c2c1. The van der Waals surface area contributed by atoms with E-state index in [9.17, 15) is 0 Å². The van der Waals surface area contributed by atoms with Gasteiger partial charge in [-0.25, -0.2) is 4.98 Å². The van der Waals surface area contributed by atoms with Gasteiger partial charge >= 0.3 is 0 Å². The summed E-state index contributed by atoms with van der Waals surface area (Å²) in [6.07, 6.45) is 1.03. The Morgan fingerprint density at radius 1 is 0.792 bits per heavy atom. The van der Waals surface area contributed by atoms with Gasteiger partial charge in [0.2, 0.25) is 5.78 Å². The molecule has 0 saturated carbocycles. The van der Waals surface area contributed by atoms with Crippen molar-refractivity contribution in [3.63, 3.8) is 0 Å². The summed E-state index contributed by atoms with van der Waals surface area (Å²) >= 11 is 0. The van der Waals surface area contributed by atoms with Crippen molar-refractivity contribution in [1.82, 2.24) is 14.0 Å². The van der Waals surface area contributed by atoms with Crippen molar-refractivity contribution in [3.8, 4) is 5.69 Å². The van der Waals surface area contributed by atoms with Gasteiger partial charge in [0.15, 0.2) is 0 Å². The topological polar surface area (TPSA) is 22.2 Å². The number of hydrogen-bond acceptors (Lipinski definition) is 1. The Hall–Kier alpha value is -3.07. The van der Waals surface area contributed by atoms with E-state index in [-0.39, 0.29) is 0 Å². The third-order valence-electron chi connectivity index (χ3n) is 4.69. The van der Waals surface area contributed by atoms with Gasteiger partial charge in [0, 0.05) is 5.69 Å². The Balaban J connectivity index is 2.01. The maximum Gasteiger partial charge on any atom is 0.220 e. The molecule has 0 aliphatic carbocycles. The summed E-state index contributed by atoms with van der Waals surface area (Å²) in [7, 11) is 0. The first kappa shape index (κ1) is 13.4. The molecule has 0 atom stereocenters. The van der Waals surface area contributed by atoms with Gasteiger partial charge in [0.25, 0.3) is 0 Å². The van der Waals surface area contributed by atoms with Gasteiger partial charge < -0.3 is 0 Å². The number of aromatic nitrogens is 3. The number of rotatable bonds is 2. The van der Waals surface area contributed by atoms with Crippen molar-refractivity contribution in [2.24, 2.45) is 0 Å². The number of imidazole rings is 2. The minimum atomic E-state index is 0.964. The summed E-state index contributed by atoms with van der Waals surface area (Å²) < 4.78 is 4.51. The second-order valence-electron chi connectivity index (χ2n) is 6.08. The van der Waals surface area contributed by atoms with Crippen LogP contribution in [0.15, 0.2) is 72.8 Å². The van der Waals surface area contributed by atoms with Crippen LogP contribution in [0.25, 0.3) is 33.5 Å². The molecule has 0 spiro atoms. The van der Waals surface area contributed by atoms with Crippen LogP contribution in [0.4, 0.5) is 0 Å². The second kappa shape index (κ2) is 4.96. The van der Waals surface area contributed by atoms with Crippen LogP contribution in [0, 0.1) is 0 Å². The van der Waals surface area contributed by atoms with Gasteiger partial charge in [-0.1, -0.05) is 43.3 Å². The van der Waals surface area contributed by atoms with Crippen LogP contribution < -0.4 is 0 Å². The maximum atomic E-state index is 4.93. The standard InChI is InChI=1S/C21H17N3/c1-2-15-12-13-17-20(14-15)24-19-11-7-6-10-18(19)23(21(24)22-17)16-8-4-3-5-9-16/h3-14H,2H2,1H3. The zero-order valence-corrected chi connectivity index (χ0v) is 13.5. The summed E-state index contributed by atoms with van der Waals surface area (Å²) in [6, 6.07) is 25.5. The van der Waals surface area contributed by atoms with E-state index in [1.165, 1.54) is 22.1 Å². The molecular formula is C21H17N3. The number of aryl methyl sites for hydroxylation is 1. The number of hydrogen-bond donors (Lipinski definition) is 0. The largest absolute Gasteiger partial charge is 0.278 e. The van der Waals surface area contributed by atoms with Crippen LogP contribution >= 0.6 is 0 Å². The molecule has 2 aromatic heterocycles. The Labute approximate surface area is 139 Å². The van der Waals surface area contributed by atoms with E-state index in [2.05, 4.69) is 82.6 Å². The first-order valence-electron chi connectivity index (χ1n) is 8.33. The number of para-hydroxylation sites is 3. The van der Waals surface area contributed by atoms with Crippen LogP contribution in [-0.4, -0.2) is 14.0 Å². The summed E-state index contributed by atoms with van der Waals surface area (Å²) in [5.74, 6) is 0.964. The van der Waals surface area contributed by atoms with Crippen molar-refractivity contribution < 1.29 is 0 Å². The quantitative estimate of drug-likeness (QED) is 0.450. The zero-order chi connectivity index (χ0) is 16.1. The molecule has 0 aliphatic heterocycles. The fraction of sp³-hybridized carbons (Fsp3) is 0.0952. The smallest absolute Gasteiger partial charge is 0.220 e. The molecule has 0 fully saturated rings. The van der Waals surface area contributed by atoms with Crippen LogP contribution in [0.5, 0.6) is 0 Å². The number of fused-ring (bicyclic) bond motifs is 5. The first-order valence-corrected chi connectivity index (χ1v) is 8.33. The molecule has 0 amide bonds. The average Bonchev–Trinajstić information content (AvgIpc) is 3.16. The predicted molar refractivity (Wildman–Crippen MR) is 98.9 cm³/mol. The molecule has 5 aromatic rings. The predicted octanol–water partition coefficient (Wildman–Crippen LogP) is 4.99. The monoisotopic (exact) mass is 311 g/mol. The van der Waals surface area contributed by atoms with Gasteiger partial charge in [0.05, 0.1) is 22.1 Å². The number of nitrogens with zero attached hydrogens (tertiary/aromatic N) is 3. The lowest BCUT2D eigenvalue weighted by Gasteiger charge is -2.04. The van der Waals surface area contributed by atoms with Gasteiger partial charge in [-0.3, -0.25) is 8.97 Å². The van der Waals surface area contributed by atoms with Crippen LogP contribution in [0.2, 0.25) is 0 Å². The number of benzene rings is 3. The average molecular weight is 311 g/mol. The highest BCUT2D eigenvalue weighted by molar-refractivity contribution is 5.92. The molecule has 0 bridgehead atoms. The van der Waals surface area contributed by atoms with Crippen molar-refractivity contribution in [2.45, 2.75) is 13.3 Å². The Morgan fingerprint density at radius 2 is 1.54 bits per heavy atom. The third-order valence-corrected chi connectivity index (χ3v) is 4.69. The Bertz CT molecular complexity index is 1180. The van der Waals surface area contributed by atoms with E-state index >= 15 is 0 Å². The molecule has 0 N–H and O–H groups in total. The molecule has 0 unspecified atom stereocenters. The molecule has 0 saturated heterocycles. The first-order chi connectivity index (χ1) is 11.9. The van der Waals surface area contributed by atoms with Gasteiger partial charge in [-0.15, -0.1) is 0 Å². The third kappa shape index (κ3) is 1.75. The van der Waals surface area contributed by atoms with Gasteiger partial charge in [-0.05, 0) is 48.4 Å². The second-order valence-corrected chi connectivity index (χ2v) is 6.08. The minimum absolute atomic E-state index is 0.964. The molecule has 3 heteroatoms. The summed E-state index contributed by atoms with van der Waals surface area (Å²) in [5, 5.41) is 0. The highest BCUT2D eigenvalue weighted by atomic mass is 15.2. The normalized spacial score (nSPS) is 11.7. The van der Waals surface area contributed by atoms with E-state index in [0.717, 1.165) is 23.4 Å². The highest BCUT2D eigenvalue weighted by Crippen LogP contribution is 2.29. The fourth-order valence-corrected chi connectivity index (χ4v) is 3.50. The summed E-state index contributed by atoms with van der Waals surface area (Å²) in [4.78, 5) is 4.93. The van der Waals surface area contributed by atoms with Crippen molar-refractivity contribution in [2.75, 3.05) is 0 Å². The van der Waals surface area contributed by atoms with Crippen LogP contribution in [-0.2, 0) is 6.42 Å². The van der Waals surface area contributed by atoms with Gasteiger partial charge in [0.1, 0.15) is 0 Å². The molecular weight excluding hydrogens is 294 g/mol. The molecule has 24 heavy (non-hydrogen) atoms. The lowest BCUT2D eigenvalue weighted by molar-refractivity contribution is 1.11. The van der Waals surface area contributed by atoms with Crippen molar-refractivity contribution in [3.05, 3.63) is 78.4 Å². The molecule has 0 radical (unpaired) electrons. The maximum absolute atomic E-state index is 4.93. The van der Waals surface area contributed by atoms with E-state index in [4.69, 9.17) is 4.98 Å². The molecule has 5 rings (SSSR count). The van der Waals surface area contributed by atoms with Crippen molar-refractivity contribution in [1.29, 1.82) is 0 Å². The lowest BCUT2D eigenvalue weighted by Crippen LogP contribution is -1.94. The highest BCUT2D eigenvalue weighted by Gasteiger charge is 2.16. The van der Waals surface area contributed by atoms with Crippen molar-refractivity contribution >= 4 is 27.8 Å². The fourth-order valence-electron chi connectivity index (χ4n) is 3.50. The van der Waals surface area contributed by atoms with Crippen LogP contribution in [0.3, 0.4) is 0 Å². The summed E-state index contributed by atoms with van der Waals surface area (Å²) in [6.45, 7) is 2.19. The molecule has 116 valence electrons. The molecule has 2 heterocycles. The van der Waals surface area contributed by atoms with E-state index in [1.807, 2.05) is 6.07 Å². The van der Waals surface area contributed by atoms with Crippen LogP contribution in [0.1, 0.15) is 12.5 Å².